The van der Waals surface area contributed by atoms with Gasteiger partial charge in [0.15, 0.2) is 11.4 Å². The summed E-state index contributed by atoms with van der Waals surface area (Å²) in [7, 11) is 0. The fraction of sp³-hybridized carbons (Fsp3) is 0.400. The number of rotatable bonds is 5. The number of piperidine rings is 1. The number of ether oxygens (including phenoxy) is 2. The van der Waals surface area contributed by atoms with Gasteiger partial charge in [-0.1, -0.05) is 24.3 Å². The Kier molecular flexibility index (Phi) is 7.64. The molecular weight excluding hydrogens is 592 g/mol. The van der Waals surface area contributed by atoms with Crippen LogP contribution in [0.4, 0.5) is 14.6 Å². The van der Waals surface area contributed by atoms with Crippen LogP contribution >= 0.6 is 0 Å². The maximum atomic E-state index is 16.8. The summed E-state index contributed by atoms with van der Waals surface area (Å²) < 4.78 is 43.5. The Morgan fingerprint density at radius 2 is 2.02 bits per heavy atom. The molecule has 0 unspecified atom stereocenters. The minimum Gasteiger partial charge on any atom is -0.508 e. The normalized spacial score (nSPS) is 24.7. The van der Waals surface area contributed by atoms with Gasteiger partial charge < -0.3 is 29.9 Å². The van der Waals surface area contributed by atoms with Crippen molar-refractivity contribution in [3.05, 3.63) is 47.7 Å². The van der Waals surface area contributed by atoms with Crippen molar-refractivity contribution in [3.8, 4) is 47.7 Å². The third-order valence-electron chi connectivity index (χ3n) is 9.60. The van der Waals surface area contributed by atoms with Crippen molar-refractivity contribution in [1.82, 2.24) is 20.3 Å². The Balaban J connectivity index is 1.40. The second-order valence-electron chi connectivity index (χ2n) is 12.5. The summed E-state index contributed by atoms with van der Waals surface area (Å²) in [6.45, 7) is 1.76. The van der Waals surface area contributed by atoms with Crippen LogP contribution in [0.5, 0.6) is 11.8 Å². The smallest absolute Gasteiger partial charge is 0.319 e. The lowest BCUT2D eigenvalue weighted by Gasteiger charge is -2.39. The number of pyridine rings is 1. The lowest BCUT2D eigenvalue weighted by Crippen LogP contribution is -2.49. The highest BCUT2D eigenvalue weighted by Crippen LogP contribution is 2.45. The van der Waals surface area contributed by atoms with E-state index in [1.165, 1.54) is 30.5 Å². The van der Waals surface area contributed by atoms with Gasteiger partial charge in [0.1, 0.15) is 28.6 Å². The van der Waals surface area contributed by atoms with E-state index in [2.05, 4.69) is 27.1 Å². The number of halogens is 2. The average molecular weight is 626 g/mol. The van der Waals surface area contributed by atoms with Crippen LogP contribution in [0, 0.1) is 41.7 Å². The van der Waals surface area contributed by atoms with Crippen molar-refractivity contribution in [1.29, 1.82) is 0 Å². The molecule has 4 aromatic rings. The molecule has 236 valence electrons. The number of benzene rings is 2. The summed E-state index contributed by atoms with van der Waals surface area (Å²) in [5.41, 5.74) is -1.94. The van der Waals surface area contributed by atoms with E-state index in [-0.39, 0.29) is 75.9 Å². The number of phenolic OH excluding ortho intramolecular Hbond substituents is 1. The Labute approximate surface area is 265 Å². The van der Waals surface area contributed by atoms with E-state index in [0.717, 1.165) is 38.6 Å². The van der Waals surface area contributed by atoms with Gasteiger partial charge in [0, 0.05) is 35.1 Å². The van der Waals surface area contributed by atoms with Crippen molar-refractivity contribution in [2.24, 2.45) is 5.41 Å². The minimum atomic E-state index is -1.61. The summed E-state index contributed by atoms with van der Waals surface area (Å²) in [6.07, 6.45) is 17.9. The Morgan fingerprint density at radius 1 is 1.17 bits per heavy atom. The lowest BCUT2D eigenvalue weighted by atomic mass is 9.76. The number of aromatic hydroxyl groups is 1. The van der Waals surface area contributed by atoms with Crippen LogP contribution in [-0.2, 0) is 4.74 Å². The van der Waals surface area contributed by atoms with E-state index < -0.39 is 17.2 Å². The highest BCUT2D eigenvalue weighted by Gasteiger charge is 2.45. The molecule has 4 heterocycles. The fourth-order valence-electron chi connectivity index (χ4n) is 7.32. The molecule has 3 N–H and O–H groups in total. The maximum absolute atomic E-state index is 16.8. The van der Waals surface area contributed by atoms with Crippen LogP contribution in [0.2, 0.25) is 0 Å². The molecule has 1 aliphatic carbocycles. The average Bonchev–Trinajstić information content (AvgIpc) is 3.39. The number of anilines is 1. The number of hydrogen-bond donors (Lipinski definition) is 3. The van der Waals surface area contributed by atoms with Gasteiger partial charge >= 0.3 is 6.01 Å². The number of fused-ring (bicyclic) bond motifs is 3. The maximum Gasteiger partial charge on any atom is 0.319 e. The van der Waals surface area contributed by atoms with Crippen LogP contribution in [0.25, 0.3) is 32.9 Å². The highest BCUT2D eigenvalue weighted by molar-refractivity contribution is 6.03. The molecule has 2 saturated heterocycles. The number of β-amino-alcohol motifs (C(OH)–C–C–N with tert-alkyl or cyclic N) is 1. The topological polar surface area (TPSA) is 113 Å². The third-order valence-corrected chi connectivity index (χ3v) is 9.60. The van der Waals surface area contributed by atoms with Crippen LogP contribution in [0.15, 0.2) is 30.5 Å². The largest absolute Gasteiger partial charge is 0.508 e. The monoisotopic (exact) mass is 625 g/mol. The summed E-state index contributed by atoms with van der Waals surface area (Å²) in [4.78, 5) is 15.4. The molecule has 0 amide bonds. The number of terminal acetylenes is 2. The molecule has 1 saturated carbocycles. The fourth-order valence-corrected chi connectivity index (χ4v) is 7.32. The molecule has 7 rings (SSSR count). The van der Waals surface area contributed by atoms with Gasteiger partial charge in [-0.2, -0.15) is 9.97 Å². The SMILES string of the molecule is C#Cc1c(F)ccc2cc(O)cc(-c3ncc4c(N5CCOC[C@](O)(C#C)C5)nc(OC[C@@]56CCCN[C@@H]5CCC6)nc4c3F)c12. The molecule has 2 aromatic heterocycles. The van der Waals surface area contributed by atoms with E-state index in [9.17, 15) is 14.6 Å². The van der Waals surface area contributed by atoms with Crippen molar-refractivity contribution < 1.29 is 28.5 Å². The number of aliphatic hydroxyl groups is 1. The van der Waals surface area contributed by atoms with Crippen LogP contribution in [0.1, 0.15) is 37.7 Å². The predicted octanol–water partition coefficient (Wildman–Crippen LogP) is 4.31. The molecule has 0 radical (unpaired) electrons. The van der Waals surface area contributed by atoms with Gasteiger partial charge in [0.2, 0.25) is 0 Å². The zero-order valence-corrected chi connectivity index (χ0v) is 25.2. The predicted molar refractivity (Wildman–Crippen MR) is 169 cm³/mol. The first kappa shape index (κ1) is 30.1. The first-order valence-corrected chi connectivity index (χ1v) is 15.4. The molecule has 11 heteroatoms. The number of aromatic nitrogens is 3. The first-order chi connectivity index (χ1) is 22.2. The zero-order chi connectivity index (χ0) is 32.1. The second kappa shape index (κ2) is 11.7. The van der Waals surface area contributed by atoms with E-state index in [4.69, 9.17) is 27.3 Å². The van der Waals surface area contributed by atoms with Gasteiger partial charge in [0.05, 0.1) is 37.3 Å². The van der Waals surface area contributed by atoms with Crippen molar-refractivity contribution >= 4 is 27.5 Å². The Bertz CT molecular complexity index is 1940. The second-order valence-corrected chi connectivity index (χ2v) is 12.5. The highest BCUT2D eigenvalue weighted by atomic mass is 19.1. The van der Waals surface area contributed by atoms with Crippen molar-refractivity contribution in [2.45, 2.75) is 43.7 Å². The van der Waals surface area contributed by atoms with Crippen molar-refractivity contribution in [3.63, 3.8) is 0 Å². The number of hydrogen-bond acceptors (Lipinski definition) is 9. The quantitative estimate of drug-likeness (QED) is 0.279. The van der Waals surface area contributed by atoms with Crippen molar-refractivity contribution in [2.75, 3.05) is 44.4 Å². The number of nitrogens with zero attached hydrogens (tertiary/aromatic N) is 4. The van der Waals surface area contributed by atoms with E-state index in [0.29, 0.717) is 24.6 Å². The standard InChI is InChI=1S/C35H33F2N5O4/c1-3-23-26(36)9-8-21-15-22(43)16-24(28(21)23)30-29(37)31-25(17-39-30)32(42-13-14-45-20-35(44,4-2)18-42)41-33(40-31)46-19-34-10-5-7-27(34)38-12-6-11-34/h1-2,8-9,15-17,27,38,43-44H,5-7,10-14,18-20H2/t27-,34-,35+/m1/s1. The van der Waals surface area contributed by atoms with Gasteiger partial charge in [-0.25, -0.2) is 8.78 Å². The van der Waals surface area contributed by atoms with E-state index >= 15 is 4.39 Å². The molecular formula is C35H33F2N5O4. The van der Waals surface area contributed by atoms with Crippen LogP contribution < -0.4 is 15.0 Å². The summed E-state index contributed by atoms with van der Waals surface area (Å²) in [6, 6.07) is 5.68. The summed E-state index contributed by atoms with van der Waals surface area (Å²) in [5.74, 6) is 3.37. The van der Waals surface area contributed by atoms with Gasteiger partial charge in [0.25, 0.3) is 0 Å². The zero-order valence-electron chi connectivity index (χ0n) is 25.2. The Morgan fingerprint density at radius 3 is 2.85 bits per heavy atom. The molecule has 3 aliphatic rings. The molecule has 3 atom stereocenters. The molecule has 46 heavy (non-hydrogen) atoms. The summed E-state index contributed by atoms with van der Waals surface area (Å²) >= 11 is 0. The molecule has 0 spiro atoms. The molecule has 9 nitrogen and oxygen atoms in total. The molecule has 2 aromatic carbocycles. The molecule has 2 aliphatic heterocycles. The number of phenols is 1. The molecule has 3 fully saturated rings. The Hall–Kier alpha value is -4.55. The van der Waals surface area contributed by atoms with Gasteiger partial charge in [-0.3, -0.25) is 4.98 Å². The first-order valence-electron chi connectivity index (χ1n) is 15.4. The van der Waals surface area contributed by atoms with Crippen LogP contribution in [-0.4, -0.2) is 76.3 Å². The third kappa shape index (κ3) is 5.15. The van der Waals surface area contributed by atoms with E-state index in [1.807, 2.05) is 0 Å². The van der Waals surface area contributed by atoms with Crippen LogP contribution in [0.3, 0.4) is 0 Å². The number of nitrogens with one attached hydrogen (secondary N) is 1. The van der Waals surface area contributed by atoms with Gasteiger partial charge in [-0.05, 0) is 55.8 Å². The molecule has 0 bridgehead atoms. The van der Waals surface area contributed by atoms with Gasteiger partial charge in [-0.15, -0.1) is 12.8 Å². The van der Waals surface area contributed by atoms with E-state index in [1.54, 1.807) is 4.90 Å². The minimum absolute atomic E-state index is 0.0314. The lowest BCUT2D eigenvalue weighted by molar-refractivity contribution is 0.0153. The summed E-state index contributed by atoms with van der Waals surface area (Å²) in [5, 5.41) is 26.1.